The third-order valence-electron chi connectivity index (χ3n) is 3.90. The number of aliphatic imine (C=N–C) groups is 1. The van der Waals surface area contributed by atoms with Crippen molar-refractivity contribution in [3.05, 3.63) is 38.6 Å². The van der Waals surface area contributed by atoms with E-state index in [9.17, 15) is 0 Å². The van der Waals surface area contributed by atoms with Crippen molar-refractivity contribution in [3.8, 4) is 5.75 Å². The predicted molar refractivity (Wildman–Crippen MR) is 119 cm³/mol. The molecule has 26 heavy (non-hydrogen) atoms. The van der Waals surface area contributed by atoms with E-state index in [2.05, 4.69) is 32.5 Å². The van der Waals surface area contributed by atoms with E-state index in [1.54, 1.807) is 18.4 Å². The minimum absolute atomic E-state index is 0. The molecule has 2 N–H and O–H groups in total. The number of nitrogens with one attached hydrogen (secondary N) is 2. The molecule has 0 bridgehead atoms. The molecule has 8 heteroatoms. The van der Waals surface area contributed by atoms with Gasteiger partial charge in [0.05, 0.1) is 36.6 Å². The van der Waals surface area contributed by atoms with Crippen molar-refractivity contribution in [3.63, 3.8) is 0 Å². The number of methoxy groups -OCH3 is 1. The van der Waals surface area contributed by atoms with Crippen LogP contribution in [0.3, 0.4) is 0 Å². The van der Waals surface area contributed by atoms with Gasteiger partial charge in [0, 0.05) is 28.7 Å². The molecule has 2 aromatic heterocycles. The molecule has 0 saturated heterocycles. The van der Waals surface area contributed by atoms with Crippen LogP contribution in [0.5, 0.6) is 5.75 Å². The summed E-state index contributed by atoms with van der Waals surface area (Å²) in [6, 6.07) is 0. The minimum Gasteiger partial charge on any atom is -0.496 e. The molecule has 6 nitrogen and oxygen atoms in total. The first-order chi connectivity index (χ1) is 12.0. The fourth-order valence-corrected chi connectivity index (χ4v) is 3.50. The van der Waals surface area contributed by atoms with Crippen LogP contribution in [-0.2, 0) is 13.1 Å². The molecule has 0 saturated carbocycles. The van der Waals surface area contributed by atoms with Crippen LogP contribution in [0, 0.1) is 27.7 Å². The van der Waals surface area contributed by atoms with Gasteiger partial charge in [-0.05, 0) is 34.6 Å². The Bertz CT molecular complexity index is 760. The molecule has 0 aliphatic carbocycles. The second kappa shape index (κ2) is 10.7. The maximum Gasteiger partial charge on any atom is 0.191 e. The molecule has 2 aromatic rings. The Labute approximate surface area is 176 Å². The fourth-order valence-electron chi connectivity index (χ4n) is 2.63. The van der Waals surface area contributed by atoms with Crippen LogP contribution in [0.2, 0.25) is 0 Å². The summed E-state index contributed by atoms with van der Waals surface area (Å²) in [6.45, 7) is 12.2. The van der Waals surface area contributed by atoms with Gasteiger partial charge in [0.2, 0.25) is 0 Å². The number of guanidine groups is 1. The van der Waals surface area contributed by atoms with Crippen molar-refractivity contribution in [2.45, 2.75) is 47.7 Å². The van der Waals surface area contributed by atoms with Crippen molar-refractivity contribution >= 4 is 41.3 Å². The van der Waals surface area contributed by atoms with Gasteiger partial charge in [-0.2, -0.15) is 0 Å². The van der Waals surface area contributed by atoms with E-state index in [1.807, 2.05) is 33.9 Å². The van der Waals surface area contributed by atoms with Gasteiger partial charge >= 0.3 is 0 Å². The average molecular weight is 489 g/mol. The lowest BCUT2D eigenvalue weighted by Crippen LogP contribution is -2.36. The van der Waals surface area contributed by atoms with E-state index in [0.717, 1.165) is 45.8 Å². The number of nitrogens with zero attached hydrogens (tertiary/aromatic N) is 3. The van der Waals surface area contributed by atoms with Crippen molar-refractivity contribution in [2.24, 2.45) is 4.99 Å². The molecule has 0 amide bonds. The first kappa shape index (κ1) is 22.6. The van der Waals surface area contributed by atoms with Crippen LogP contribution in [0.1, 0.15) is 39.3 Å². The Morgan fingerprint density at radius 3 is 2.54 bits per heavy atom. The highest BCUT2D eigenvalue weighted by Crippen LogP contribution is 2.24. The van der Waals surface area contributed by atoms with Gasteiger partial charge in [-0.3, -0.25) is 4.98 Å². The number of halogens is 1. The van der Waals surface area contributed by atoms with Crippen molar-refractivity contribution in [2.75, 3.05) is 13.7 Å². The molecule has 144 valence electrons. The third-order valence-corrected chi connectivity index (χ3v) is 4.97. The number of hydrogen-bond acceptors (Lipinski definition) is 5. The van der Waals surface area contributed by atoms with Gasteiger partial charge in [0.25, 0.3) is 0 Å². The average Bonchev–Trinajstić information content (AvgIpc) is 2.89. The molecule has 2 heterocycles. The van der Waals surface area contributed by atoms with E-state index in [0.29, 0.717) is 13.1 Å². The van der Waals surface area contributed by atoms with E-state index < -0.39 is 0 Å². The lowest BCUT2D eigenvalue weighted by atomic mass is 10.1. The normalized spacial score (nSPS) is 11.1. The summed E-state index contributed by atoms with van der Waals surface area (Å²) in [7, 11) is 1.69. The lowest BCUT2D eigenvalue weighted by Gasteiger charge is -2.13. The quantitative estimate of drug-likeness (QED) is 0.368. The minimum atomic E-state index is 0. The standard InChI is InChI=1S/C18H27N5OS.HI/c1-7-19-18(22-10-16-13(4)23-14(5)25-16)21-9-15-12(3)17(24-6)11(2)8-20-15;/h8H,7,9-10H2,1-6H3,(H2,19,21,22);1H. The topological polar surface area (TPSA) is 71.4 Å². The maximum atomic E-state index is 5.47. The summed E-state index contributed by atoms with van der Waals surface area (Å²) in [4.78, 5) is 14.9. The Balaban J connectivity index is 0.00000338. The third kappa shape index (κ3) is 5.80. The SMILES string of the molecule is CCNC(=NCc1ncc(C)c(OC)c1C)NCc1sc(C)nc1C.I. The lowest BCUT2D eigenvalue weighted by molar-refractivity contribution is 0.407. The van der Waals surface area contributed by atoms with Crippen LogP contribution in [0.15, 0.2) is 11.2 Å². The zero-order valence-corrected chi connectivity index (χ0v) is 19.4. The number of pyridine rings is 1. The van der Waals surface area contributed by atoms with Crippen LogP contribution in [-0.4, -0.2) is 29.6 Å². The summed E-state index contributed by atoms with van der Waals surface area (Å²) in [6.07, 6.45) is 1.83. The molecule has 0 unspecified atom stereocenters. The number of aryl methyl sites for hydroxylation is 3. The van der Waals surface area contributed by atoms with E-state index >= 15 is 0 Å². The second-order valence-electron chi connectivity index (χ2n) is 5.84. The zero-order valence-electron chi connectivity index (χ0n) is 16.3. The Morgan fingerprint density at radius 1 is 1.23 bits per heavy atom. The highest BCUT2D eigenvalue weighted by molar-refractivity contribution is 14.0. The van der Waals surface area contributed by atoms with Gasteiger partial charge in [-0.25, -0.2) is 9.98 Å². The second-order valence-corrected chi connectivity index (χ2v) is 7.12. The summed E-state index contributed by atoms with van der Waals surface area (Å²) < 4.78 is 5.47. The highest BCUT2D eigenvalue weighted by atomic mass is 127. The first-order valence-corrected chi connectivity index (χ1v) is 9.22. The molecule has 0 aromatic carbocycles. The number of hydrogen-bond donors (Lipinski definition) is 2. The van der Waals surface area contributed by atoms with E-state index in [1.165, 1.54) is 4.88 Å². The molecule has 0 spiro atoms. The molecule has 0 atom stereocenters. The molecule has 0 aliphatic rings. The van der Waals surface area contributed by atoms with Crippen molar-refractivity contribution < 1.29 is 4.74 Å². The monoisotopic (exact) mass is 489 g/mol. The van der Waals surface area contributed by atoms with E-state index in [-0.39, 0.29) is 24.0 Å². The van der Waals surface area contributed by atoms with E-state index in [4.69, 9.17) is 4.74 Å². The molecule has 0 aliphatic heterocycles. The Kier molecular flexibility index (Phi) is 9.28. The number of rotatable bonds is 6. The number of ether oxygens (including phenoxy) is 1. The number of thiazole rings is 1. The molecular weight excluding hydrogens is 461 g/mol. The number of aromatic nitrogens is 2. The largest absolute Gasteiger partial charge is 0.496 e. The van der Waals surface area contributed by atoms with Crippen LogP contribution < -0.4 is 15.4 Å². The van der Waals surface area contributed by atoms with Crippen molar-refractivity contribution in [1.82, 2.24) is 20.6 Å². The molecular formula is C18H28IN5OS. The van der Waals surface area contributed by atoms with Gasteiger partial charge in [0.15, 0.2) is 5.96 Å². The van der Waals surface area contributed by atoms with Crippen LogP contribution in [0.4, 0.5) is 0 Å². The predicted octanol–water partition coefficient (Wildman–Crippen LogP) is 3.65. The highest BCUT2D eigenvalue weighted by Gasteiger charge is 2.10. The summed E-state index contributed by atoms with van der Waals surface area (Å²) in [5.74, 6) is 1.66. The fraction of sp³-hybridized carbons (Fsp3) is 0.500. The van der Waals surface area contributed by atoms with Gasteiger partial charge in [-0.1, -0.05) is 0 Å². The molecule has 2 rings (SSSR count). The smallest absolute Gasteiger partial charge is 0.191 e. The van der Waals surface area contributed by atoms with Crippen LogP contribution in [0.25, 0.3) is 0 Å². The summed E-state index contributed by atoms with van der Waals surface area (Å²) in [5, 5.41) is 7.73. The first-order valence-electron chi connectivity index (χ1n) is 8.40. The Morgan fingerprint density at radius 2 is 1.96 bits per heavy atom. The molecule has 0 radical (unpaired) electrons. The summed E-state index contributed by atoms with van der Waals surface area (Å²) >= 11 is 1.71. The van der Waals surface area contributed by atoms with Crippen LogP contribution >= 0.6 is 35.3 Å². The van der Waals surface area contributed by atoms with Crippen molar-refractivity contribution in [1.29, 1.82) is 0 Å². The van der Waals surface area contributed by atoms with Gasteiger partial charge < -0.3 is 15.4 Å². The van der Waals surface area contributed by atoms with Gasteiger partial charge in [-0.15, -0.1) is 35.3 Å². The Hall–Kier alpha value is -1.42. The summed E-state index contributed by atoms with van der Waals surface area (Å²) in [5.41, 5.74) is 4.07. The zero-order chi connectivity index (χ0) is 18.4. The van der Waals surface area contributed by atoms with Gasteiger partial charge in [0.1, 0.15) is 5.75 Å². The molecule has 0 fully saturated rings. The maximum absolute atomic E-state index is 5.47.